The smallest absolute Gasteiger partial charge is 0.156 e. The molecule has 2 N–H and O–H groups in total. The largest absolute Gasteiger partial charge is 0.396 e. The van der Waals surface area contributed by atoms with Gasteiger partial charge in [-0.2, -0.15) is 0 Å². The normalized spacial score (nSPS) is 33.2. The van der Waals surface area contributed by atoms with Gasteiger partial charge in [0.25, 0.3) is 0 Å². The highest BCUT2D eigenvalue weighted by molar-refractivity contribution is 4.73. The first-order valence-corrected chi connectivity index (χ1v) is 4.59. The highest BCUT2D eigenvalue weighted by atomic mass is 16.6. The topological polar surface area (TPSA) is 49.7 Å². The highest BCUT2D eigenvalue weighted by Crippen LogP contribution is 2.30. The van der Waals surface area contributed by atoms with Gasteiger partial charge in [0, 0.05) is 19.6 Å². The predicted molar refractivity (Wildman–Crippen MR) is 45.5 cm³/mol. The number of aliphatic hydroxyl groups excluding tert-OH is 2. The van der Waals surface area contributed by atoms with Crippen molar-refractivity contribution in [2.24, 2.45) is 11.8 Å². The Bertz CT molecular complexity index is 119. The molecular weight excluding hydrogens is 156 g/mol. The third-order valence-electron chi connectivity index (χ3n) is 2.79. The first kappa shape index (κ1) is 9.96. The molecule has 1 fully saturated rings. The molecule has 3 heteroatoms. The molecule has 0 amide bonds. The Labute approximate surface area is 73.4 Å². The molecule has 0 aromatic carbocycles. The Kier molecular flexibility index (Phi) is 3.98. The summed E-state index contributed by atoms with van der Waals surface area (Å²) in [4.78, 5) is 0. The van der Waals surface area contributed by atoms with Crippen molar-refractivity contribution < 1.29 is 14.9 Å². The van der Waals surface area contributed by atoms with Gasteiger partial charge in [-0.15, -0.1) is 0 Å². The number of aliphatic hydroxyl groups is 2. The second kappa shape index (κ2) is 4.80. The third-order valence-corrected chi connectivity index (χ3v) is 2.79. The van der Waals surface area contributed by atoms with Crippen molar-refractivity contribution in [1.29, 1.82) is 0 Å². The summed E-state index contributed by atoms with van der Waals surface area (Å²) < 4.78 is 4.85. The number of ether oxygens (including phenoxy) is 1. The van der Waals surface area contributed by atoms with Crippen molar-refractivity contribution in [3.63, 3.8) is 0 Å². The van der Waals surface area contributed by atoms with Crippen LogP contribution in [0.15, 0.2) is 0 Å². The lowest BCUT2D eigenvalue weighted by Crippen LogP contribution is -2.27. The lowest BCUT2D eigenvalue weighted by Gasteiger charge is -2.29. The second-order valence-electron chi connectivity index (χ2n) is 3.59. The third kappa shape index (κ3) is 2.44. The minimum absolute atomic E-state index is 0.276. The van der Waals surface area contributed by atoms with Gasteiger partial charge < -0.3 is 14.9 Å². The van der Waals surface area contributed by atoms with Crippen LogP contribution in [0.25, 0.3) is 0 Å². The van der Waals surface area contributed by atoms with Crippen molar-refractivity contribution in [2.75, 3.05) is 13.7 Å². The highest BCUT2D eigenvalue weighted by Gasteiger charge is 2.25. The van der Waals surface area contributed by atoms with Gasteiger partial charge in [0.05, 0.1) is 0 Å². The predicted octanol–water partition coefficient (Wildman–Crippen LogP) is 0.750. The average Bonchev–Trinajstić information content (AvgIpc) is 2.17. The molecule has 0 unspecified atom stereocenters. The fraction of sp³-hybridized carbons (Fsp3) is 1.00. The van der Waals surface area contributed by atoms with Gasteiger partial charge in [0.2, 0.25) is 0 Å². The molecule has 1 atom stereocenters. The monoisotopic (exact) mass is 174 g/mol. The molecule has 12 heavy (non-hydrogen) atoms. The van der Waals surface area contributed by atoms with Gasteiger partial charge in [0.1, 0.15) is 0 Å². The SMILES string of the molecule is CO[C@H](O)C1CCC(CO)CC1. The Morgan fingerprint density at radius 1 is 1.33 bits per heavy atom. The summed E-state index contributed by atoms with van der Waals surface area (Å²) in [5, 5.41) is 18.2. The van der Waals surface area contributed by atoms with Gasteiger partial charge >= 0.3 is 0 Å². The fourth-order valence-electron chi connectivity index (χ4n) is 1.85. The van der Waals surface area contributed by atoms with Crippen LogP contribution in [0.5, 0.6) is 0 Å². The molecule has 0 heterocycles. The van der Waals surface area contributed by atoms with Gasteiger partial charge in [-0.25, -0.2) is 0 Å². The summed E-state index contributed by atoms with van der Waals surface area (Å²) >= 11 is 0. The van der Waals surface area contributed by atoms with Crippen LogP contribution in [-0.2, 0) is 4.74 Å². The van der Waals surface area contributed by atoms with E-state index in [0.29, 0.717) is 5.92 Å². The summed E-state index contributed by atoms with van der Waals surface area (Å²) in [6.07, 6.45) is 3.37. The Morgan fingerprint density at radius 3 is 2.33 bits per heavy atom. The second-order valence-corrected chi connectivity index (χ2v) is 3.59. The van der Waals surface area contributed by atoms with E-state index in [1.54, 1.807) is 0 Å². The molecular formula is C9H18O3. The molecule has 3 nitrogen and oxygen atoms in total. The van der Waals surface area contributed by atoms with Crippen LogP contribution >= 0.6 is 0 Å². The standard InChI is InChI=1S/C9H18O3/c1-12-9(11)8-4-2-7(6-10)3-5-8/h7-11H,2-6H2,1H3/t7?,8?,9-/m0/s1. The van der Waals surface area contributed by atoms with Crippen molar-refractivity contribution in [2.45, 2.75) is 32.0 Å². The Balaban J connectivity index is 2.25. The summed E-state index contributed by atoms with van der Waals surface area (Å²) in [7, 11) is 1.53. The number of hydrogen-bond acceptors (Lipinski definition) is 3. The van der Waals surface area contributed by atoms with Crippen molar-refractivity contribution >= 4 is 0 Å². The van der Waals surface area contributed by atoms with E-state index in [1.807, 2.05) is 0 Å². The summed E-state index contributed by atoms with van der Waals surface area (Å²) in [5.74, 6) is 0.725. The average molecular weight is 174 g/mol. The zero-order valence-corrected chi connectivity index (χ0v) is 7.57. The zero-order chi connectivity index (χ0) is 8.97. The molecule has 1 saturated carbocycles. The van der Waals surface area contributed by atoms with Crippen LogP contribution in [0.4, 0.5) is 0 Å². The van der Waals surface area contributed by atoms with Crippen LogP contribution in [0.2, 0.25) is 0 Å². The van der Waals surface area contributed by atoms with Gasteiger partial charge in [-0.3, -0.25) is 0 Å². The van der Waals surface area contributed by atoms with E-state index >= 15 is 0 Å². The Hall–Kier alpha value is -0.120. The van der Waals surface area contributed by atoms with E-state index in [9.17, 15) is 5.11 Å². The summed E-state index contributed by atoms with van der Waals surface area (Å²) in [6.45, 7) is 0.287. The van der Waals surface area contributed by atoms with Crippen LogP contribution < -0.4 is 0 Å². The number of hydrogen-bond donors (Lipinski definition) is 2. The maximum Gasteiger partial charge on any atom is 0.156 e. The van der Waals surface area contributed by atoms with Crippen molar-refractivity contribution in [3.8, 4) is 0 Å². The summed E-state index contributed by atoms with van der Waals surface area (Å²) in [6, 6.07) is 0. The molecule has 1 rings (SSSR count). The first-order chi connectivity index (χ1) is 5.77. The van der Waals surface area contributed by atoms with E-state index in [4.69, 9.17) is 9.84 Å². The lowest BCUT2D eigenvalue weighted by molar-refractivity contribution is -0.123. The van der Waals surface area contributed by atoms with E-state index < -0.39 is 6.29 Å². The molecule has 0 aromatic rings. The molecule has 0 aromatic heterocycles. The van der Waals surface area contributed by atoms with E-state index in [0.717, 1.165) is 25.7 Å². The van der Waals surface area contributed by atoms with Gasteiger partial charge in [0.15, 0.2) is 6.29 Å². The summed E-state index contributed by atoms with van der Waals surface area (Å²) in [5.41, 5.74) is 0. The first-order valence-electron chi connectivity index (χ1n) is 4.59. The van der Waals surface area contributed by atoms with E-state index in [-0.39, 0.29) is 12.5 Å². The molecule has 1 aliphatic rings. The maximum absolute atomic E-state index is 9.36. The number of rotatable bonds is 3. The minimum atomic E-state index is -0.607. The molecule has 1 aliphatic carbocycles. The van der Waals surface area contributed by atoms with Crippen LogP contribution in [-0.4, -0.2) is 30.2 Å². The molecule has 0 radical (unpaired) electrons. The molecule has 0 aliphatic heterocycles. The molecule has 0 spiro atoms. The van der Waals surface area contributed by atoms with E-state index in [2.05, 4.69) is 0 Å². The van der Waals surface area contributed by atoms with Crippen LogP contribution in [0.3, 0.4) is 0 Å². The van der Waals surface area contributed by atoms with Gasteiger partial charge in [-0.05, 0) is 31.6 Å². The van der Waals surface area contributed by atoms with Crippen LogP contribution in [0.1, 0.15) is 25.7 Å². The van der Waals surface area contributed by atoms with E-state index in [1.165, 1.54) is 7.11 Å². The van der Waals surface area contributed by atoms with Crippen molar-refractivity contribution in [1.82, 2.24) is 0 Å². The molecule has 72 valence electrons. The quantitative estimate of drug-likeness (QED) is 0.621. The molecule has 0 saturated heterocycles. The minimum Gasteiger partial charge on any atom is -0.396 e. The maximum atomic E-state index is 9.36. The lowest BCUT2D eigenvalue weighted by atomic mass is 9.82. The Morgan fingerprint density at radius 2 is 1.92 bits per heavy atom. The number of methoxy groups -OCH3 is 1. The fourth-order valence-corrected chi connectivity index (χ4v) is 1.85. The molecule has 0 bridgehead atoms. The zero-order valence-electron chi connectivity index (χ0n) is 7.57. The van der Waals surface area contributed by atoms with Gasteiger partial charge in [-0.1, -0.05) is 0 Å². The van der Waals surface area contributed by atoms with Crippen molar-refractivity contribution in [3.05, 3.63) is 0 Å². The van der Waals surface area contributed by atoms with Crippen LogP contribution in [0, 0.1) is 11.8 Å².